The van der Waals surface area contributed by atoms with Gasteiger partial charge >= 0.3 is 12.1 Å². The summed E-state index contributed by atoms with van der Waals surface area (Å²) in [4.78, 5) is 33.9. The zero-order valence-corrected chi connectivity index (χ0v) is 30.6. The standard InChI is InChI=1S/C38H43ClF2N6O5/c1-37(2,3)52-36(48)47-23-8-9-24(47)19-45(18-23)34-27-17-42-32(26-16-25(51-21-49-4)15-22-7-10-28(40)30(39)29(22)26)31(41)33(27)43-35(44-34)50-20-38-11-5-13-46(38)14-6-12-38/h7,10,15-17,23-24H,5-6,8-9,11-14,18-21H2,1-4H3/t23-,24+. The summed E-state index contributed by atoms with van der Waals surface area (Å²) in [6.07, 6.45) is 7.10. The number of halogens is 3. The Morgan fingerprint density at radius 1 is 1.04 bits per heavy atom. The number of benzene rings is 2. The van der Waals surface area contributed by atoms with E-state index >= 15 is 4.39 Å². The summed E-state index contributed by atoms with van der Waals surface area (Å²) < 4.78 is 55.0. The monoisotopic (exact) mass is 736 g/mol. The number of nitrogens with zero attached hydrogens (tertiary/aromatic N) is 6. The van der Waals surface area contributed by atoms with Crippen molar-refractivity contribution in [2.75, 3.05) is 51.6 Å². The fourth-order valence-electron chi connectivity index (χ4n) is 8.63. The number of piperazine rings is 1. The molecule has 0 N–H and O–H groups in total. The SMILES string of the molecule is COCOc1cc(-c2ncc3c(N4C[C@H]5CC[C@@H](C4)N5C(=O)OC(C)(C)C)nc(OCC45CCCN4CCC5)nc3c2F)c2c(Cl)c(F)ccc2c1. The first-order chi connectivity index (χ1) is 24.9. The van der Waals surface area contributed by atoms with Gasteiger partial charge in [0.05, 0.1) is 28.0 Å². The Morgan fingerprint density at radius 2 is 1.77 bits per heavy atom. The molecule has 8 rings (SSSR count). The molecule has 1 amide bonds. The van der Waals surface area contributed by atoms with Crippen LogP contribution in [0.15, 0.2) is 30.5 Å². The molecule has 4 aromatic rings. The summed E-state index contributed by atoms with van der Waals surface area (Å²) in [5.41, 5.74) is -0.516. The number of hydrogen-bond donors (Lipinski definition) is 0. The molecule has 0 saturated carbocycles. The summed E-state index contributed by atoms with van der Waals surface area (Å²) in [7, 11) is 1.50. The van der Waals surface area contributed by atoms with E-state index in [1.54, 1.807) is 24.4 Å². The summed E-state index contributed by atoms with van der Waals surface area (Å²) in [6.45, 7) is 8.94. The highest BCUT2D eigenvalue weighted by molar-refractivity contribution is 6.37. The number of pyridine rings is 1. The zero-order chi connectivity index (χ0) is 36.4. The molecular formula is C38H43ClF2N6O5. The predicted octanol–water partition coefficient (Wildman–Crippen LogP) is 7.35. The quantitative estimate of drug-likeness (QED) is 0.171. The van der Waals surface area contributed by atoms with Crippen molar-refractivity contribution in [1.29, 1.82) is 0 Å². The van der Waals surface area contributed by atoms with Crippen LogP contribution in [0.25, 0.3) is 32.9 Å². The number of ether oxygens (including phenoxy) is 4. The smallest absolute Gasteiger partial charge is 0.410 e. The Balaban J connectivity index is 1.23. The van der Waals surface area contributed by atoms with Crippen LogP contribution in [-0.4, -0.2) is 101 Å². The van der Waals surface area contributed by atoms with Gasteiger partial charge in [-0.3, -0.25) is 14.8 Å². The van der Waals surface area contributed by atoms with Crippen molar-refractivity contribution in [1.82, 2.24) is 24.8 Å². The number of anilines is 1. The normalized spacial score (nSPS) is 21.3. The molecule has 11 nitrogen and oxygen atoms in total. The van der Waals surface area contributed by atoms with Crippen molar-refractivity contribution < 1.29 is 32.5 Å². The molecule has 0 spiro atoms. The van der Waals surface area contributed by atoms with E-state index in [1.807, 2.05) is 25.7 Å². The highest BCUT2D eigenvalue weighted by Crippen LogP contribution is 2.43. The third-order valence-corrected chi connectivity index (χ3v) is 11.3. The molecule has 4 aliphatic heterocycles. The molecule has 0 unspecified atom stereocenters. The second-order valence-corrected chi connectivity index (χ2v) is 15.8. The van der Waals surface area contributed by atoms with E-state index < -0.39 is 17.2 Å². The van der Waals surface area contributed by atoms with Crippen LogP contribution in [0.4, 0.5) is 19.4 Å². The van der Waals surface area contributed by atoms with Gasteiger partial charge < -0.3 is 23.8 Å². The second-order valence-electron chi connectivity index (χ2n) is 15.4. The number of rotatable bonds is 8. The van der Waals surface area contributed by atoms with Crippen molar-refractivity contribution in [2.24, 2.45) is 0 Å². The molecule has 276 valence electrons. The second kappa shape index (κ2) is 13.4. The van der Waals surface area contributed by atoms with Crippen molar-refractivity contribution >= 4 is 45.2 Å². The van der Waals surface area contributed by atoms with Crippen molar-refractivity contribution in [3.05, 3.63) is 47.1 Å². The molecular weight excluding hydrogens is 694 g/mol. The summed E-state index contributed by atoms with van der Waals surface area (Å²) in [5.74, 6) is -0.517. The molecule has 2 aromatic heterocycles. The first-order valence-corrected chi connectivity index (χ1v) is 18.4. The van der Waals surface area contributed by atoms with E-state index in [-0.39, 0.29) is 58.3 Å². The summed E-state index contributed by atoms with van der Waals surface area (Å²) in [5, 5.41) is 1.07. The van der Waals surface area contributed by atoms with Gasteiger partial charge in [0.2, 0.25) is 0 Å². The Kier molecular flexibility index (Phi) is 9.02. The molecule has 4 saturated heterocycles. The Hall–Kier alpha value is -4.07. The van der Waals surface area contributed by atoms with Crippen LogP contribution in [0.3, 0.4) is 0 Å². The van der Waals surface area contributed by atoms with Crippen LogP contribution in [0, 0.1) is 11.6 Å². The van der Waals surface area contributed by atoms with E-state index in [4.69, 9.17) is 35.5 Å². The van der Waals surface area contributed by atoms with Crippen LogP contribution < -0.4 is 14.4 Å². The Morgan fingerprint density at radius 3 is 2.46 bits per heavy atom. The molecule has 2 atom stereocenters. The van der Waals surface area contributed by atoms with Gasteiger partial charge in [-0.15, -0.1) is 0 Å². The number of carbonyl (C=O) groups is 1. The maximum Gasteiger partial charge on any atom is 0.410 e. The average Bonchev–Trinajstić information content (AvgIpc) is 3.77. The number of methoxy groups -OCH3 is 1. The Bertz CT molecular complexity index is 2020. The number of aromatic nitrogens is 3. The summed E-state index contributed by atoms with van der Waals surface area (Å²) in [6, 6.07) is 5.93. The van der Waals surface area contributed by atoms with Gasteiger partial charge in [-0.05, 0) is 96.0 Å². The molecule has 4 fully saturated rings. The van der Waals surface area contributed by atoms with Crippen LogP contribution in [-0.2, 0) is 9.47 Å². The Labute approximate surface area is 306 Å². The van der Waals surface area contributed by atoms with Gasteiger partial charge in [0.15, 0.2) is 12.6 Å². The van der Waals surface area contributed by atoms with Crippen molar-refractivity contribution in [3.63, 3.8) is 0 Å². The van der Waals surface area contributed by atoms with Crippen LogP contribution >= 0.6 is 11.6 Å². The van der Waals surface area contributed by atoms with Crippen LogP contribution in [0.2, 0.25) is 5.02 Å². The van der Waals surface area contributed by atoms with Crippen molar-refractivity contribution in [3.8, 4) is 23.0 Å². The van der Waals surface area contributed by atoms with Crippen molar-refractivity contribution in [2.45, 2.75) is 82.5 Å². The third kappa shape index (κ3) is 6.24. The molecule has 4 aliphatic rings. The lowest BCUT2D eigenvalue weighted by Crippen LogP contribution is -2.57. The van der Waals surface area contributed by atoms with E-state index in [0.717, 1.165) is 51.6 Å². The first-order valence-electron chi connectivity index (χ1n) is 18.0. The van der Waals surface area contributed by atoms with E-state index in [1.165, 1.54) is 13.2 Å². The highest BCUT2D eigenvalue weighted by atomic mass is 35.5. The van der Waals surface area contributed by atoms with Gasteiger partial charge in [0, 0.05) is 37.3 Å². The summed E-state index contributed by atoms with van der Waals surface area (Å²) >= 11 is 6.53. The number of carbonyl (C=O) groups excluding carboxylic acids is 1. The predicted molar refractivity (Wildman–Crippen MR) is 193 cm³/mol. The zero-order valence-electron chi connectivity index (χ0n) is 29.9. The molecule has 52 heavy (non-hydrogen) atoms. The van der Waals surface area contributed by atoms with Gasteiger partial charge in [-0.25, -0.2) is 13.6 Å². The van der Waals surface area contributed by atoms with Gasteiger partial charge in [-0.1, -0.05) is 17.7 Å². The average molecular weight is 737 g/mol. The third-order valence-electron chi connectivity index (χ3n) is 10.9. The highest BCUT2D eigenvalue weighted by Gasteiger charge is 2.46. The van der Waals surface area contributed by atoms with Gasteiger partial charge in [-0.2, -0.15) is 9.97 Å². The topological polar surface area (TPSA) is 102 Å². The first kappa shape index (κ1) is 35.0. The van der Waals surface area contributed by atoms with E-state index in [9.17, 15) is 9.18 Å². The minimum atomic E-state index is -0.728. The lowest BCUT2D eigenvalue weighted by molar-refractivity contribution is 0.0122. The maximum absolute atomic E-state index is 17.2. The molecule has 2 aromatic carbocycles. The maximum atomic E-state index is 17.2. The number of amides is 1. The molecule has 14 heteroatoms. The van der Waals surface area contributed by atoms with Gasteiger partial charge in [0.1, 0.15) is 40.8 Å². The van der Waals surface area contributed by atoms with Crippen LogP contribution in [0.1, 0.15) is 59.3 Å². The molecule has 2 bridgehead atoms. The molecule has 0 radical (unpaired) electrons. The minimum Gasteiger partial charge on any atom is -0.468 e. The number of hydrogen-bond acceptors (Lipinski definition) is 10. The van der Waals surface area contributed by atoms with E-state index in [2.05, 4.69) is 19.8 Å². The lowest BCUT2D eigenvalue weighted by atomic mass is 9.95. The van der Waals surface area contributed by atoms with E-state index in [0.29, 0.717) is 47.4 Å². The van der Waals surface area contributed by atoms with Gasteiger partial charge in [0.25, 0.3) is 0 Å². The molecule has 6 heterocycles. The lowest BCUT2D eigenvalue weighted by Gasteiger charge is -2.42. The number of fused-ring (bicyclic) bond motifs is 5. The minimum absolute atomic E-state index is 0.0167. The van der Waals surface area contributed by atoms with Crippen LogP contribution in [0.5, 0.6) is 11.8 Å². The largest absolute Gasteiger partial charge is 0.468 e. The fourth-order valence-corrected chi connectivity index (χ4v) is 8.90. The fraction of sp³-hybridized carbons (Fsp3) is 0.526. The molecule has 0 aliphatic carbocycles.